The number of aromatic nitrogens is 2. The molecule has 1 amide bonds. The minimum atomic E-state index is -0.210. The van der Waals surface area contributed by atoms with E-state index in [-0.39, 0.29) is 23.8 Å². The van der Waals surface area contributed by atoms with Gasteiger partial charge in [0.25, 0.3) is 0 Å². The summed E-state index contributed by atoms with van der Waals surface area (Å²) in [5.74, 6) is 0.789. The first-order valence-electron chi connectivity index (χ1n) is 15.6. The molecule has 0 N–H and O–H groups in total. The number of nitriles is 1. The fraction of sp³-hybridized carbons (Fsp3) is 0.576. The highest BCUT2D eigenvalue weighted by molar-refractivity contribution is 5.87. The summed E-state index contributed by atoms with van der Waals surface area (Å²) in [6, 6.07) is 11.5. The third kappa shape index (κ3) is 5.88. The maximum absolute atomic E-state index is 12.5. The van der Waals surface area contributed by atoms with E-state index in [1.807, 2.05) is 0 Å². The number of carbonyl (C=O) groups excluding carboxylic acids is 1. The van der Waals surface area contributed by atoms with Gasteiger partial charge in [-0.05, 0) is 62.1 Å². The van der Waals surface area contributed by atoms with Crippen molar-refractivity contribution >= 4 is 11.7 Å². The zero-order valence-corrected chi connectivity index (χ0v) is 24.6. The number of carbonyl (C=O) groups is 1. The predicted octanol–water partition coefficient (Wildman–Crippen LogP) is 3.46. The zero-order chi connectivity index (χ0) is 28.9. The van der Waals surface area contributed by atoms with Gasteiger partial charge in [-0.3, -0.25) is 9.69 Å². The minimum absolute atomic E-state index is 0.0967. The topological polar surface area (TPSA) is 94.8 Å². The predicted molar refractivity (Wildman–Crippen MR) is 161 cm³/mol. The molecule has 1 aromatic carbocycles. The van der Waals surface area contributed by atoms with Gasteiger partial charge in [0.05, 0.1) is 44.0 Å². The number of amides is 1. The molecule has 0 bridgehead atoms. The molecular formula is C33H42N6O3. The highest BCUT2D eigenvalue weighted by Gasteiger charge is 2.42. The monoisotopic (exact) mass is 570 g/mol. The number of benzene rings is 1. The SMILES string of the molecule is C=CC(=O)N1CCN(c2nc(OCCCN3CCOCC3)nc3c2CCC2(CCCc4ccccc42)C3)CC1CC#N. The van der Waals surface area contributed by atoms with Gasteiger partial charge in [-0.1, -0.05) is 30.8 Å². The van der Waals surface area contributed by atoms with Gasteiger partial charge in [0.15, 0.2) is 0 Å². The van der Waals surface area contributed by atoms with Crippen molar-refractivity contribution in [3.05, 3.63) is 59.3 Å². The van der Waals surface area contributed by atoms with Crippen LogP contribution in [0, 0.1) is 11.3 Å². The molecule has 1 spiro atoms. The van der Waals surface area contributed by atoms with Crippen molar-refractivity contribution in [1.29, 1.82) is 5.26 Å². The molecule has 2 aromatic rings. The molecule has 1 aromatic heterocycles. The molecule has 2 atom stereocenters. The van der Waals surface area contributed by atoms with Crippen molar-refractivity contribution in [2.75, 3.05) is 64.0 Å². The third-order valence-corrected chi connectivity index (χ3v) is 9.62. The molecule has 9 nitrogen and oxygen atoms in total. The summed E-state index contributed by atoms with van der Waals surface area (Å²) < 4.78 is 11.7. The summed E-state index contributed by atoms with van der Waals surface area (Å²) in [4.78, 5) is 29.1. The summed E-state index contributed by atoms with van der Waals surface area (Å²) >= 11 is 0. The lowest BCUT2D eigenvalue weighted by molar-refractivity contribution is -0.128. The molecule has 2 fully saturated rings. The van der Waals surface area contributed by atoms with Crippen LogP contribution in [0.25, 0.3) is 0 Å². The van der Waals surface area contributed by atoms with Crippen LogP contribution in [-0.2, 0) is 34.2 Å². The Morgan fingerprint density at radius 2 is 2.02 bits per heavy atom. The van der Waals surface area contributed by atoms with E-state index in [2.05, 4.69) is 46.7 Å². The Bertz CT molecular complexity index is 1340. The van der Waals surface area contributed by atoms with Crippen molar-refractivity contribution in [2.24, 2.45) is 0 Å². The second kappa shape index (κ2) is 12.8. The van der Waals surface area contributed by atoms with Gasteiger partial charge in [-0.25, -0.2) is 0 Å². The fourth-order valence-electron chi connectivity index (χ4n) is 7.46. The number of ether oxygens (including phenoxy) is 2. The van der Waals surface area contributed by atoms with E-state index >= 15 is 0 Å². The van der Waals surface area contributed by atoms with Gasteiger partial charge in [0.2, 0.25) is 5.91 Å². The quantitative estimate of drug-likeness (QED) is 0.352. The highest BCUT2D eigenvalue weighted by atomic mass is 16.5. The van der Waals surface area contributed by atoms with E-state index in [0.717, 1.165) is 76.5 Å². The molecular weight excluding hydrogens is 528 g/mol. The third-order valence-electron chi connectivity index (χ3n) is 9.62. The Morgan fingerprint density at radius 3 is 2.86 bits per heavy atom. The number of hydrogen-bond acceptors (Lipinski definition) is 8. The molecule has 2 unspecified atom stereocenters. The van der Waals surface area contributed by atoms with E-state index in [9.17, 15) is 10.1 Å². The number of rotatable bonds is 8. The molecule has 2 aliphatic heterocycles. The Morgan fingerprint density at radius 1 is 1.17 bits per heavy atom. The number of hydrogen-bond donors (Lipinski definition) is 0. The Hall–Kier alpha value is -3.48. The molecule has 4 aliphatic rings. The van der Waals surface area contributed by atoms with Gasteiger partial charge < -0.3 is 19.3 Å². The van der Waals surface area contributed by atoms with E-state index in [4.69, 9.17) is 19.4 Å². The van der Waals surface area contributed by atoms with Gasteiger partial charge in [-0.2, -0.15) is 15.2 Å². The molecule has 6 rings (SSSR count). The normalized spacial score (nSPS) is 24.0. The van der Waals surface area contributed by atoms with Crippen molar-refractivity contribution in [2.45, 2.75) is 62.8 Å². The average molecular weight is 571 g/mol. The van der Waals surface area contributed by atoms with Crippen LogP contribution in [0.15, 0.2) is 36.9 Å². The maximum Gasteiger partial charge on any atom is 0.318 e. The number of nitrogens with zero attached hydrogens (tertiary/aromatic N) is 6. The van der Waals surface area contributed by atoms with Gasteiger partial charge in [0, 0.05) is 50.2 Å². The fourth-order valence-corrected chi connectivity index (χ4v) is 7.46. The number of anilines is 1. The van der Waals surface area contributed by atoms with Crippen LogP contribution >= 0.6 is 0 Å². The first kappa shape index (κ1) is 28.6. The lowest BCUT2D eigenvalue weighted by Crippen LogP contribution is -2.55. The molecule has 3 heterocycles. The van der Waals surface area contributed by atoms with Crippen LogP contribution in [0.1, 0.15) is 54.5 Å². The van der Waals surface area contributed by atoms with Crippen molar-refractivity contribution < 1.29 is 14.3 Å². The van der Waals surface area contributed by atoms with Crippen LogP contribution < -0.4 is 9.64 Å². The summed E-state index contributed by atoms with van der Waals surface area (Å²) in [7, 11) is 0. The molecule has 0 radical (unpaired) electrons. The number of aryl methyl sites for hydroxylation is 1. The number of morpholine rings is 1. The molecule has 2 aliphatic carbocycles. The summed E-state index contributed by atoms with van der Waals surface area (Å²) in [6.07, 6.45) is 8.90. The van der Waals surface area contributed by atoms with E-state index in [0.29, 0.717) is 32.3 Å². The van der Waals surface area contributed by atoms with Crippen molar-refractivity contribution in [3.8, 4) is 12.1 Å². The van der Waals surface area contributed by atoms with Crippen molar-refractivity contribution in [3.63, 3.8) is 0 Å². The Balaban J connectivity index is 1.27. The first-order chi connectivity index (χ1) is 20.6. The zero-order valence-electron chi connectivity index (χ0n) is 24.6. The smallest absolute Gasteiger partial charge is 0.318 e. The van der Waals surface area contributed by atoms with Crippen LogP contribution in [0.3, 0.4) is 0 Å². The van der Waals surface area contributed by atoms with Gasteiger partial charge in [0.1, 0.15) is 5.82 Å². The number of fused-ring (bicyclic) bond motifs is 3. The summed E-state index contributed by atoms with van der Waals surface area (Å²) in [5, 5.41) is 9.53. The Labute approximate surface area is 249 Å². The van der Waals surface area contributed by atoms with Crippen LogP contribution in [0.4, 0.5) is 5.82 Å². The average Bonchev–Trinajstić information content (AvgIpc) is 3.03. The van der Waals surface area contributed by atoms with E-state index in [1.165, 1.54) is 35.6 Å². The molecule has 9 heteroatoms. The van der Waals surface area contributed by atoms with Gasteiger partial charge >= 0.3 is 6.01 Å². The lowest BCUT2D eigenvalue weighted by Gasteiger charge is -2.44. The highest BCUT2D eigenvalue weighted by Crippen LogP contribution is 2.47. The summed E-state index contributed by atoms with van der Waals surface area (Å²) in [5.41, 5.74) is 5.35. The summed E-state index contributed by atoms with van der Waals surface area (Å²) in [6.45, 7) is 10.4. The molecule has 0 saturated carbocycles. The second-order valence-corrected chi connectivity index (χ2v) is 12.1. The van der Waals surface area contributed by atoms with E-state index < -0.39 is 0 Å². The van der Waals surface area contributed by atoms with Crippen molar-refractivity contribution in [1.82, 2.24) is 19.8 Å². The standard InChI is InChI=1S/C33H42N6O3/c1-2-30(40)39-17-16-38(24-26(39)11-14-34)31-27-10-13-33(12-5-8-25-7-3-4-9-28(25)33)23-29(27)35-32(36-31)42-20-6-15-37-18-21-41-22-19-37/h2-4,7,9,26H,1,5-6,8,10-13,15-24H2. The second-order valence-electron chi connectivity index (χ2n) is 12.1. The van der Waals surface area contributed by atoms with Crippen LogP contribution in [0.2, 0.25) is 0 Å². The van der Waals surface area contributed by atoms with Gasteiger partial charge in [-0.15, -0.1) is 0 Å². The molecule has 2 saturated heterocycles. The first-order valence-corrected chi connectivity index (χ1v) is 15.6. The maximum atomic E-state index is 12.5. The lowest BCUT2D eigenvalue weighted by atomic mass is 9.62. The van der Waals surface area contributed by atoms with Crippen LogP contribution in [0.5, 0.6) is 6.01 Å². The molecule has 222 valence electrons. The minimum Gasteiger partial charge on any atom is -0.463 e. The number of piperazine rings is 1. The molecule has 42 heavy (non-hydrogen) atoms. The van der Waals surface area contributed by atoms with Crippen LogP contribution in [-0.4, -0.2) is 90.8 Å². The largest absolute Gasteiger partial charge is 0.463 e. The van der Waals surface area contributed by atoms with E-state index in [1.54, 1.807) is 4.90 Å². The Kier molecular flexibility index (Phi) is 8.73.